The molecule has 5 N–H and O–H groups in total. The lowest BCUT2D eigenvalue weighted by Gasteiger charge is -2.09. The van der Waals surface area contributed by atoms with Gasteiger partial charge < -0.3 is 25.3 Å². The van der Waals surface area contributed by atoms with E-state index in [1.54, 1.807) is 36.4 Å². The molecule has 0 atom stereocenters. The molecule has 7 aromatic heterocycles. The summed E-state index contributed by atoms with van der Waals surface area (Å²) in [4.78, 5) is 57.1. The van der Waals surface area contributed by atoms with Crippen LogP contribution in [0.2, 0.25) is 0 Å². The molecule has 14 heteroatoms. The molecule has 9 heterocycles. The molecule has 2 aliphatic heterocycles. The fourth-order valence-corrected chi connectivity index (χ4v) is 11.8. The summed E-state index contributed by atoms with van der Waals surface area (Å²) in [6.07, 6.45) is 16.0. The van der Waals surface area contributed by atoms with Gasteiger partial charge in [0.1, 0.15) is 0 Å². The Bertz CT molecular complexity index is 4700. The van der Waals surface area contributed by atoms with Crippen LogP contribution >= 0.6 is 0 Å². The first kappa shape index (κ1) is 53.8. The summed E-state index contributed by atoms with van der Waals surface area (Å²) in [5.41, 5.74) is 16.5. The molecule has 0 saturated heterocycles. The Morgan fingerprint density at radius 3 is 0.884 bits per heavy atom. The Morgan fingerprint density at radius 1 is 0.337 bits per heavy atom. The minimum absolute atomic E-state index is 0.192. The maximum Gasteiger partial charge on any atom is 0.336 e. The van der Waals surface area contributed by atoms with Crippen LogP contribution in [-0.4, -0.2) is 53.2 Å². The zero-order valence-electron chi connectivity index (χ0n) is 46.7. The van der Waals surface area contributed by atoms with Crippen LogP contribution in [0.15, 0.2) is 219 Å². The SMILES string of the molecule is Cc1ccccc1C[n+]1ccccc1-c1c2nc(c(-c3cccc[n+]3Cc3ccccc3C(=O)O)c3ccc([nH]3)c(-c3cccc[n+]3Cc3ccccc3C(=O)O)c3nc(c(-c4cccc[n+]4Cc4ccccc4C(=O)O)c4ccc1[nH]4)C=C3)C=C2. The van der Waals surface area contributed by atoms with Gasteiger partial charge in [0.2, 0.25) is 22.8 Å². The van der Waals surface area contributed by atoms with E-state index < -0.39 is 17.9 Å². The second-order valence-corrected chi connectivity index (χ2v) is 21.2. The van der Waals surface area contributed by atoms with Crippen molar-refractivity contribution >= 4 is 64.3 Å². The van der Waals surface area contributed by atoms with E-state index in [1.165, 1.54) is 0 Å². The average Bonchev–Trinajstić information content (AvgIpc) is 3.22. The van der Waals surface area contributed by atoms with Gasteiger partial charge in [-0.2, -0.15) is 18.3 Å². The standard InChI is InChI=1S/C72H52N8O6/c1-46-18-2-3-19-47(46)42-77-38-14-10-26-62(77)66-54-30-32-56(73-54)67(63-27-11-15-39-78(63)43-48-20-4-7-23-51(48)70(81)82)58-34-36-60(75-58)69(65-29-13-17-41-80(65)45-50-22-6-9-25-53(50)72(85)86)61-37-35-59(76-61)68(57-33-31-55(66)74-57)64-28-12-16-40-79(64)44-49-21-5-8-24-52(49)71(83)84/h2-41H,42-45H2,1H3,(H-3,73,74,75,76,81,82,83,84,85,86)/p+4. The number of hydrogen-bond donors (Lipinski definition) is 5. The first-order chi connectivity index (χ1) is 42.0. The van der Waals surface area contributed by atoms with Crippen molar-refractivity contribution in [3.8, 4) is 45.0 Å². The number of aromatic carboxylic acids is 3. The summed E-state index contributed by atoms with van der Waals surface area (Å²) < 4.78 is 8.37. The molecule has 0 aliphatic carbocycles. The normalized spacial score (nSPS) is 11.7. The lowest BCUT2D eigenvalue weighted by Crippen LogP contribution is -2.37. The Kier molecular flexibility index (Phi) is 14.4. The van der Waals surface area contributed by atoms with E-state index in [4.69, 9.17) is 9.97 Å². The predicted octanol–water partition coefficient (Wildman–Crippen LogP) is 12.1. The van der Waals surface area contributed by atoms with E-state index in [9.17, 15) is 29.7 Å². The van der Waals surface area contributed by atoms with Crippen molar-refractivity contribution in [3.05, 3.63) is 286 Å². The van der Waals surface area contributed by atoms with E-state index in [0.29, 0.717) is 57.0 Å². The van der Waals surface area contributed by atoms with Gasteiger partial charge in [-0.1, -0.05) is 78.9 Å². The molecular formula is C72H56N8O6+4. The smallest absolute Gasteiger partial charge is 0.336 e. The van der Waals surface area contributed by atoms with Crippen LogP contribution < -0.4 is 18.3 Å². The van der Waals surface area contributed by atoms with Crippen molar-refractivity contribution in [1.82, 2.24) is 19.9 Å². The molecule has 8 bridgehead atoms. The Hall–Kier alpha value is -11.5. The molecule has 13 rings (SSSR count). The largest absolute Gasteiger partial charge is 0.478 e. The molecule has 86 heavy (non-hydrogen) atoms. The molecule has 0 unspecified atom stereocenters. The minimum atomic E-state index is -1.03. The molecular weight excluding hydrogens is 1070 g/mol. The Labute approximate surface area is 494 Å². The summed E-state index contributed by atoms with van der Waals surface area (Å²) in [5, 5.41) is 31.1. The van der Waals surface area contributed by atoms with E-state index >= 15 is 0 Å². The molecule has 0 amide bonds. The summed E-state index contributed by atoms with van der Waals surface area (Å²) in [5.74, 6) is -3.07. The van der Waals surface area contributed by atoms with Gasteiger partial charge in [0, 0.05) is 70.8 Å². The van der Waals surface area contributed by atoms with Crippen molar-refractivity contribution in [1.29, 1.82) is 0 Å². The van der Waals surface area contributed by atoms with Gasteiger partial charge in [0.15, 0.2) is 51.0 Å². The van der Waals surface area contributed by atoms with Gasteiger partial charge in [-0.3, -0.25) is 0 Å². The molecule has 0 spiro atoms. The van der Waals surface area contributed by atoms with Crippen LogP contribution in [0.3, 0.4) is 0 Å². The number of fused-ring (bicyclic) bond motifs is 8. The second kappa shape index (κ2) is 23.0. The highest BCUT2D eigenvalue weighted by Gasteiger charge is 2.30. The van der Waals surface area contributed by atoms with Crippen LogP contribution in [0, 0.1) is 6.92 Å². The highest BCUT2D eigenvalue weighted by Crippen LogP contribution is 2.37. The van der Waals surface area contributed by atoms with Crippen LogP contribution in [0.25, 0.3) is 91.4 Å². The van der Waals surface area contributed by atoms with Crippen LogP contribution in [0.5, 0.6) is 0 Å². The second-order valence-electron chi connectivity index (χ2n) is 21.2. The quantitative estimate of drug-likeness (QED) is 0.0628. The van der Waals surface area contributed by atoms with Crippen molar-refractivity contribution in [2.75, 3.05) is 0 Å². The fourth-order valence-electron chi connectivity index (χ4n) is 11.8. The molecule has 0 radical (unpaired) electrons. The van der Waals surface area contributed by atoms with Crippen LogP contribution in [0.4, 0.5) is 0 Å². The minimum Gasteiger partial charge on any atom is -0.478 e. The van der Waals surface area contributed by atoms with Gasteiger partial charge in [-0.05, 0) is 104 Å². The van der Waals surface area contributed by atoms with Crippen LogP contribution in [0.1, 0.15) is 81.7 Å². The number of carboxylic acid groups (broad SMARTS) is 3. The number of benzene rings is 4. The number of rotatable bonds is 15. The number of pyridine rings is 4. The Balaban J connectivity index is 1.15. The van der Waals surface area contributed by atoms with E-state index in [-0.39, 0.29) is 36.3 Å². The number of aryl methyl sites for hydroxylation is 1. The van der Waals surface area contributed by atoms with Gasteiger partial charge in [-0.25, -0.2) is 24.4 Å². The predicted molar refractivity (Wildman–Crippen MR) is 329 cm³/mol. The maximum atomic E-state index is 12.7. The highest BCUT2D eigenvalue weighted by atomic mass is 16.4. The summed E-state index contributed by atoms with van der Waals surface area (Å²) >= 11 is 0. The zero-order valence-corrected chi connectivity index (χ0v) is 46.7. The number of nitrogens with one attached hydrogen (secondary N) is 2. The van der Waals surface area contributed by atoms with E-state index in [1.807, 2.05) is 178 Å². The first-order valence-corrected chi connectivity index (χ1v) is 28.1. The van der Waals surface area contributed by atoms with Crippen molar-refractivity contribution in [2.24, 2.45) is 0 Å². The monoisotopic (exact) mass is 1130 g/mol. The number of aromatic amines is 2. The summed E-state index contributed by atoms with van der Waals surface area (Å²) in [6.45, 7) is 3.39. The molecule has 0 fully saturated rings. The van der Waals surface area contributed by atoms with Gasteiger partial charge in [-0.15, -0.1) is 0 Å². The molecule has 4 aromatic carbocycles. The molecule has 11 aromatic rings. The first-order valence-electron chi connectivity index (χ1n) is 28.1. The lowest BCUT2D eigenvalue weighted by molar-refractivity contribution is -0.677. The highest BCUT2D eigenvalue weighted by molar-refractivity contribution is 5.98. The van der Waals surface area contributed by atoms with Gasteiger partial charge in [0.25, 0.3) is 0 Å². The third kappa shape index (κ3) is 10.4. The van der Waals surface area contributed by atoms with Gasteiger partial charge in [0.05, 0.1) is 83.8 Å². The van der Waals surface area contributed by atoms with Crippen LogP contribution in [-0.2, 0) is 26.2 Å². The Morgan fingerprint density at radius 2 is 0.593 bits per heavy atom. The summed E-state index contributed by atoms with van der Waals surface area (Å²) in [7, 11) is 0. The molecule has 14 nitrogen and oxygen atoms in total. The topological polar surface area (TPSA) is 185 Å². The van der Waals surface area contributed by atoms with Gasteiger partial charge >= 0.3 is 17.9 Å². The van der Waals surface area contributed by atoms with Crippen molar-refractivity contribution in [2.45, 2.75) is 33.1 Å². The number of carbonyl (C=O) groups is 3. The molecule has 0 saturated carbocycles. The molecule has 416 valence electrons. The number of carboxylic acids is 3. The number of aromatic nitrogens is 8. The third-order valence-corrected chi connectivity index (χ3v) is 15.9. The van der Waals surface area contributed by atoms with E-state index in [0.717, 1.165) is 67.2 Å². The zero-order chi connectivity index (χ0) is 58.8. The lowest BCUT2D eigenvalue weighted by atomic mass is 10.1. The fraction of sp³-hybridized carbons (Fsp3) is 0.0694. The summed E-state index contributed by atoms with van der Waals surface area (Å²) in [6, 6.07) is 61.6. The number of nitrogens with zero attached hydrogens (tertiary/aromatic N) is 6. The molecule has 2 aliphatic rings. The maximum absolute atomic E-state index is 12.7. The van der Waals surface area contributed by atoms with Crippen molar-refractivity contribution < 1.29 is 48.0 Å². The number of H-pyrrole nitrogens is 2. The third-order valence-electron chi connectivity index (χ3n) is 15.9. The van der Waals surface area contributed by atoms with E-state index in [2.05, 4.69) is 64.1 Å². The number of hydrogen-bond acceptors (Lipinski definition) is 5. The van der Waals surface area contributed by atoms with Crippen molar-refractivity contribution in [3.63, 3.8) is 0 Å². The average molecular weight is 1130 g/mol.